The lowest BCUT2D eigenvalue weighted by Crippen LogP contribution is -2.54. The van der Waals surface area contributed by atoms with Crippen LogP contribution in [0.15, 0.2) is 30.3 Å². The Morgan fingerprint density at radius 1 is 1.00 bits per heavy atom. The van der Waals surface area contributed by atoms with Crippen LogP contribution in [-0.4, -0.2) is 78.5 Å². The number of nitrogens with one attached hydrogen (secondary N) is 4. The minimum Gasteiger partial charge on any atom is -0.394 e. The van der Waals surface area contributed by atoms with Gasteiger partial charge in [0.05, 0.1) is 26.3 Å². The Morgan fingerprint density at radius 3 is 2.18 bits per heavy atom. The third kappa shape index (κ3) is 8.62. The van der Waals surface area contributed by atoms with Crippen LogP contribution in [-0.2, 0) is 35.1 Å². The van der Waals surface area contributed by atoms with Crippen molar-refractivity contribution in [2.45, 2.75) is 44.4 Å². The molecule has 0 unspecified atom stereocenters. The smallest absolute Gasteiger partial charge is 0.245 e. The molecule has 1 heterocycles. The number of carbonyl (C=O) groups excluding carboxylic acids is 5. The molecule has 0 saturated carbocycles. The molecule has 0 bridgehead atoms. The van der Waals surface area contributed by atoms with E-state index < -0.39 is 48.6 Å². The first-order valence-corrected chi connectivity index (χ1v) is 10.6. The van der Waals surface area contributed by atoms with Crippen LogP contribution in [0.5, 0.6) is 0 Å². The molecule has 0 aromatic heterocycles. The summed E-state index contributed by atoms with van der Waals surface area (Å²) in [5.41, 5.74) is 0.108. The van der Waals surface area contributed by atoms with Gasteiger partial charge in [0.2, 0.25) is 23.6 Å². The Balaban J connectivity index is 1.80. The van der Waals surface area contributed by atoms with E-state index in [0.29, 0.717) is 12.8 Å². The number of ether oxygens (including phenoxy) is 1. The molecule has 33 heavy (non-hydrogen) atoms. The van der Waals surface area contributed by atoms with E-state index in [2.05, 4.69) is 21.3 Å². The number of aliphatic hydroxyl groups is 1. The molecule has 180 valence electrons. The van der Waals surface area contributed by atoms with Gasteiger partial charge in [-0.1, -0.05) is 30.3 Å². The van der Waals surface area contributed by atoms with E-state index in [1.54, 1.807) is 6.92 Å². The number of aryl methyl sites for hydroxylation is 1. The minimum absolute atomic E-state index is 0.284. The highest BCUT2D eigenvalue weighted by Crippen LogP contribution is 2.26. The van der Waals surface area contributed by atoms with E-state index in [4.69, 9.17) is 4.74 Å². The molecule has 0 spiro atoms. The van der Waals surface area contributed by atoms with E-state index in [1.807, 2.05) is 30.3 Å². The molecule has 11 nitrogen and oxygen atoms in total. The molecule has 0 radical (unpaired) electrons. The van der Waals surface area contributed by atoms with Crippen molar-refractivity contribution >= 4 is 29.4 Å². The Morgan fingerprint density at radius 2 is 1.61 bits per heavy atom. The van der Waals surface area contributed by atoms with E-state index in [9.17, 15) is 29.1 Å². The average Bonchev–Trinajstić information content (AvgIpc) is 3.55. The number of aliphatic hydroxyl groups excluding tert-OH is 1. The van der Waals surface area contributed by atoms with Gasteiger partial charge in [-0.2, -0.15) is 0 Å². The van der Waals surface area contributed by atoms with Crippen LogP contribution >= 0.6 is 0 Å². The van der Waals surface area contributed by atoms with Crippen molar-refractivity contribution in [3.63, 3.8) is 0 Å². The Hall–Kier alpha value is -3.31. The maximum atomic E-state index is 12.5. The molecule has 0 aliphatic carbocycles. The summed E-state index contributed by atoms with van der Waals surface area (Å²) in [4.78, 5) is 60.1. The van der Waals surface area contributed by atoms with Crippen molar-refractivity contribution in [2.75, 3.05) is 26.3 Å². The van der Waals surface area contributed by atoms with Gasteiger partial charge in [0.1, 0.15) is 17.7 Å². The number of hydrogen-bond acceptors (Lipinski definition) is 7. The Labute approximate surface area is 191 Å². The molecular formula is C22H30N4O7. The number of benzene rings is 1. The third-order valence-corrected chi connectivity index (χ3v) is 5.11. The highest BCUT2D eigenvalue weighted by molar-refractivity contribution is 5.96. The number of Topliss-reactive ketones (excluding diaryl/α,β-unsaturated/α-hetero) is 1. The number of amides is 4. The monoisotopic (exact) mass is 462 g/mol. The number of rotatable bonds is 13. The van der Waals surface area contributed by atoms with Crippen LogP contribution in [0.1, 0.15) is 25.8 Å². The zero-order chi connectivity index (χ0) is 24.4. The van der Waals surface area contributed by atoms with Crippen LogP contribution in [0.3, 0.4) is 0 Å². The number of carbonyl (C=O) groups is 5. The molecule has 1 fully saturated rings. The normalized spacial score (nSPS) is 18.4. The zero-order valence-electron chi connectivity index (χ0n) is 18.7. The van der Waals surface area contributed by atoms with Gasteiger partial charge in [-0.15, -0.1) is 0 Å². The number of ketones is 1. The fraction of sp³-hybridized carbons (Fsp3) is 0.500. The van der Waals surface area contributed by atoms with Crippen LogP contribution in [0, 0.1) is 0 Å². The van der Waals surface area contributed by atoms with Gasteiger partial charge < -0.3 is 31.1 Å². The summed E-state index contributed by atoms with van der Waals surface area (Å²) in [6.45, 7) is 1.72. The average molecular weight is 463 g/mol. The maximum Gasteiger partial charge on any atom is 0.245 e. The lowest BCUT2D eigenvalue weighted by molar-refractivity contribution is -0.132. The van der Waals surface area contributed by atoms with Crippen LogP contribution in [0.4, 0.5) is 0 Å². The predicted octanol–water partition coefficient (Wildman–Crippen LogP) is -1.81. The van der Waals surface area contributed by atoms with Gasteiger partial charge in [0.15, 0.2) is 5.78 Å². The zero-order valence-corrected chi connectivity index (χ0v) is 18.7. The summed E-state index contributed by atoms with van der Waals surface area (Å²) in [6.07, 6.45) is 0.871. The summed E-state index contributed by atoms with van der Waals surface area (Å²) < 4.78 is 5.00. The molecule has 5 N–H and O–H groups in total. The van der Waals surface area contributed by atoms with Gasteiger partial charge in [0, 0.05) is 6.92 Å². The van der Waals surface area contributed by atoms with Gasteiger partial charge in [-0.25, -0.2) is 0 Å². The third-order valence-electron chi connectivity index (χ3n) is 5.11. The fourth-order valence-corrected chi connectivity index (χ4v) is 2.95. The van der Waals surface area contributed by atoms with Crippen molar-refractivity contribution in [2.24, 2.45) is 0 Å². The predicted molar refractivity (Wildman–Crippen MR) is 117 cm³/mol. The minimum atomic E-state index is -1.29. The molecule has 1 aliphatic rings. The van der Waals surface area contributed by atoms with Gasteiger partial charge in [-0.05, 0) is 25.3 Å². The molecule has 11 heteroatoms. The second-order valence-electron chi connectivity index (χ2n) is 7.96. The molecule has 2 rings (SSSR count). The molecular weight excluding hydrogens is 432 g/mol. The number of epoxide rings is 1. The molecule has 4 amide bonds. The lowest BCUT2D eigenvalue weighted by Gasteiger charge is -2.19. The summed E-state index contributed by atoms with van der Waals surface area (Å²) in [7, 11) is 0. The maximum absolute atomic E-state index is 12.5. The summed E-state index contributed by atoms with van der Waals surface area (Å²) in [6, 6.07) is 7.29. The highest BCUT2D eigenvalue weighted by atomic mass is 16.6. The van der Waals surface area contributed by atoms with Crippen molar-refractivity contribution in [3.8, 4) is 0 Å². The Bertz CT molecular complexity index is 871. The quantitative estimate of drug-likeness (QED) is 0.215. The van der Waals surface area contributed by atoms with Crippen molar-refractivity contribution in [1.29, 1.82) is 0 Å². The standard InChI is InChI=1S/C22H30N4O7/c1-14(28)25-16(9-8-15-6-4-3-5-7-15)20(31)24-11-19(30)26-17(12-27)21(32)23-10-18(29)22(2)13-33-22/h3-7,16-17,27H,8-13H2,1-2H3,(H,23,32)(H,24,31)(H,25,28)(H,26,30)/t16-,17-,22+/m0/s1. The first-order chi connectivity index (χ1) is 15.6. The van der Waals surface area contributed by atoms with Crippen LogP contribution < -0.4 is 21.3 Å². The van der Waals surface area contributed by atoms with Crippen LogP contribution in [0.25, 0.3) is 0 Å². The van der Waals surface area contributed by atoms with E-state index in [0.717, 1.165) is 5.56 Å². The molecule has 1 aromatic carbocycles. The molecule has 1 aromatic rings. The SMILES string of the molecule is CC(=O)N[C@@H](CCc1ccccc1)C(=O)NCC(=O)N[C@@H](CO)C(=O)NCC(=O)[C@@]1(C)CO1. The van der Waals surface area contributed by atoms with E-state index in [1.165, 1.54) is 6.92 Å². The van der Waals surface area contributed by atoms with Gasteiger partial charge >= 0.3 is 0 Å². The molecule has 1 aliphatic heterocycles. The van der Waals surface area contributed by atoms with Gasteiger partial charge in [0.25, 0.3) is 0 Å². The fourth-order valence-electron chi connectivity index (χ4n) is 2.95. The molecule has 3 atom stereocenters. The van der Waals surface area contributed by atoms with Crippen molar-refractivity contribution < 1.29 is 33.8 Å². The van der Waals surface area contributed by atoms with E-state index in [-0.39, 0.29) is 24.8 Å². The van der Waals surface area contributed by atoms with E-state index >= 15 is 0 Å². The summed E-state index contributed by atoms with van der Waals surface area (Å²) in [5, 5.41) is 19.0. The first kappa shape index (κ1) is 25.9. The first-order valence-electron chi connectivity index (χ1n) is 10.6. The lowest BCUT2D eigenvalue weighted by atomic mass is 10.0. The van der Waals surface area contributed by atoms with Crippen molar-refractivity contribution in [1.82, 2.24) is 21.3 Å². The van der Waals surface area contributed by atoms with Crippen LogP contribution in [0.2, 0.25) is 0 Å². The summed E-state index contributed by atoms with van der Waals surface area (Å²) in [5.74, 6) is -2.71. The molecule has 1 saturated heterocycles. The largest absolute Gasteiger partial charge is 0.394 e. The Kier molecular flexibility index (Phi) is 9.49. The second-order valence-corrected chi connectivity index (χ2v) is 7.96. The summed E-state index contributed by atoms with van der Waals surface area (Å²) >= 11 is 0. The van der Waals surface area contributed by atoms with Crippen molar-refractivity contribution in [3.05, 3.63) is 35.9 Å². The topological polar surface area (TPSA) is 166 Å². The number of hydrogen-bond donors (Lipinski definition) is 5. The second kappa shape index (κ2) is 12.1. The highest BCUT2D eigenvalue weighted by Gasteiger charge is 2.46. The van der Waals surface area contributed by atoms with Gasteiger partial charge in [-0.3, -0.25) is 24.0 Å².